The molecule has 7 aliphatic carbocycles. The first-order valence-corrected chi connectivity index (χ1v) is 31.7. The average molecular weight is 1050 g/mol. The van der Waals surface area contributed by atoms with E-state index in [0.29, 0.717) is 49.8 Å². The molecule has 4 N–H and O–H groups in total. The predicted octanol–water partition coefficient (Wildman–Crippen LogP) is 13.5. The summed E-state index contributed by atoms with van der Waals surface area (Å²) >= 11 is 0. The predicted molar refractivity (Wildman–Crippen MR) is 305 cm³/mol. The van der Waals surface area contributed by atoms with Gasteiger partial charge in [-0.2, -0.15) is 0 Å². The van der Waals surface area contributed by atoms with E-state index in [9.17, 15) is 15.0 Å². The van der Waals surface area contributed by atoms with Crippen molar-refractivity contribution in [3.63, 3.8) is 0 Å². The molecule has 8 fully saturated rings. The van der Waals surface area contributed by atoms with Gasteiger partial charge in [-0.25, -0.2) is 0 Å². The molecule has 9 heteroatoms. The molecule has 10 aliphatic rings. The molecule has 2 saturated heterocycles. The lowest BCUT2D eigenvalue weighted by Gasteiger charge is -2.74. The Morgan fingerprint density at radius 1 is 0.831 bits per heavy atom. The highest BCUT2D eigenvalue weighted by Crippen LogP contribution is 2.80. The average Bonchev–Trinajstić information content (AvgIpc) is 4.15. The Hall–Kier alpha value is -3.08. The summed E-state index contributed by atoms with van der Waals surface area (Å²) < 4.78 is 15.4. The van der Waals surface area contributed by atoms with Crippen molar-refractivity contribution in [2.45, 2.75) is 257 Å². The molecule has 5 heterocycles. The molecule has 77 heavy (non-hydrogen) atoms. The molecule has 12 atom stereocenters. The molecule has 12 unspecified atom stereocenters. The first-order chi connectivity index (χ1) is 36.7. The van der Waals surface area contributed by atoms with Crippen molar-refractivity contribution in [3.05, 3.63) is 69.6 Å². The first-order valence-electron chi connectivity index (χ1n) is 31.7. The molecule has 420 valence electrons. The van der Waals surface area contributed by atoms with Gasteiger partial charge in [0.15, 0.2) is 5.78 Å². The van der Waals surface area contributed by atoms with E-state index in [1.165, 1.54) is 103 Å². The monoisotopic (exact) mass is 1050 g/mol. The van der Waals surface area contributed by atoms with Crippen LogP contribution < -0.4 is 5.32 Å². The lowest BCUT2D eigenvalue weighted by Crippen LogP contribution is -2.72. The number of benzene rings is 1. The third-order valence-electron chi connectivity index (χ3n) is 25.7. The Labute approximate surface area is 461 Å². The van der Waals surface area contributed by atoms with Gasteiger partial charge in [0.2, 0.25) is 0 Å². The van der Waals surface area contributed by atoms with Gasteiger partial charge < -0.3 is 34.6 Å². The maximum absolute atomic E-state index is 15.8. The van der Waals surface area contributed by atoms with Crippen molar-refractivity contribution < 1.29 is 29.3 Å². The lowest BCUT2D eigenvalue weighted by molar-refractivity contribution is -0.261. The zero-order valence-corrected chi connectivity index (χ0v) is 48.8. The van der Waals surface area contributed by atoms with Crippen LogP contribution in [0.15, 0.2) is 41.7 Å². The van der Waals surface area contributed by atoms with Crippen molar-refractivity contribution in [1.82, 2.24) is 14.9 Å². The number of hydrogen-bond donors (Lipinski definition) is 4. The molecule has 6 saturated carbocycles. The van der Waals surface area contributed by atoms with Gasteiger partial charge in [-0.15, -0.1) is 0 Å². The number of allylic oxidation sites excluding steroid dienone is 1. The minimum atomic E-state index is -0.736. The van der Waals surface area contributed by atoms with Crippen molar-refractivity contribution in [1.29, 1.82) is 0 Å². The number of aliphatic hydroxyl groups excluding tert-OH is 2. The van der Waals surface area contributed by atoms with Gasteiger partial charge in [0, 0.05) is 67.1 Å². The first kappa shape index (κ1) is 53.2. The third kappa shape index (κ3) is 8.01. The van der Waals surface area contributed by atoms with Crippen LogP contribution in [0.5, 0.6) is 0 Å². The lowest BCUT2D eigenvalue weighted by atomic mass is 9.30. The third-order valence-corrected chi connectivity index (χ3v) is 25.7. The molecule has 13 rings (SSSR count). The Balaban J connectivity index is 0.952. The molecule has 3 aliphatic heterocycles. The largest absolute Gasteiger partial charge is 0.392 e. The maximum Gasteiger partial charge on any atom is 0.160 e. The van der Waals surface area contributed by atoms with Crippen LogP contribution in [-0.4, -0.2) is 81.0 Å². The number of rotatable bonds is 10. The summed E-state index contributed by atoms with van der Waals surface area (Å²) in [5.74, 6) is 1.46. The van der Waals surface area contributed by atoms with Crippen LogP contribution in [0.25, 0.3) is 11.0 Å². The highest BCUT2D eigenvalue weighted by atomic mass is 16.6. The molecule has 0 amide bonds. The van der Waals surface area contributed by atoms with Crippen molar-refractivity contribution in [2.75, 3.05) is 20.2 Å². The van der Waals surface area contributed by atoms with Gasteiger partial charge in [-0.05, 0) is 196 Å². The van der Waals surface area contributed by atoms with E-state index in [2.05, 4.69) is 93.9 Å². The molecule has 3 aromatic rings. The number of epoxide rings is 1. The molecule has 0 bridgehead atoms. The molecule has 2 aromatic heterocycles. The summed E-state index contributed by atoms with van der Waals surface area (Å²) in [7, 11) is 2.01. The standard InChI is InChI=1S/C68H97N3O6/c1-61(2)60(77-61)51(73)36-62(3)26-19-45-39-70-56-48(33-42-31-46(43-17-11-9-12-18-43)34-47(32-42)44-21-30-76-68(35-44)24-13-10-14-25-68)40-71(57(45)56)41-49-54-55(62)50(72)37-65(54,6)64(5)27-20-52-63(4,28-29-69-8)53(74)38-67(22-15-16-23-67)66(52,7)59(64)58(49)75/h31-32,34,39-40,43-44,49,51-52,58-60,69-70,73,75H,9-30,33,35-38,41H2,1-8H3. The van der Waals surface area contributed by atoms with Crippen LogP contribution in [0.2, 0.25) is 0 Å². The van der Waals surface area contributed by atoms with E-state index in [1.54, 1.807) is 5.56 Å². The zero-order chi connectivity index (χ0) is 53.7. The number of hydrogen-bond acceptors (Lipinski definition) is 7. The minimum Gasteiger partial charge on any atom is -0.392 e. The fraction of sp³-hybridized carbons (Fsp3) is 0.765. The number of aromatic nitrogens is 2. The summed E-state index contributed by atoms with van der Waals surface area (Å²) in [6.07, 6.45) is 28.7. The SMILES string of the molecule is CNCCC1(C)C(=O)CC2(CCCC2)C2(C)C1CCC1(C)C2C(O)C2Cn3cc(Cc4cc(C5CCCCC5)cc(C5CCOC6(CCCCC6)C5)c4)c4[nH]cc(c43)CCC(C)(CC(O)C3OC3(C)C)C3=C2C1(C)CC3=O. The van der Waals surface area contributed by atoms with E-state index in [0.717, 1.165) is 89.4 Å². The molecular formula is C68H97N3O6. The highest BCUT2D eigenvalue weighted by molar-refractivity contribution is 6.02. The molecule has 9 nitrogen and oxygen atoms in total. The van der Waals surface area contributed by atoms with E-state index in [1.807, 2.05) is 7.05 Å². The number of fused-ring (bicyclic) bond motifs is 5. The molecule has 0 radical (unpaired) electrons. The molecular weight excluding hydrogens is 955 g/mol. The van der Waals surface area contributed by atoms with E-state index in [-0.39, 0.29) is 46.1 Å². The molecule has 2 spiro atoms. The summed E-state index contributed by atoms with van der Waals surface area (Å²) in [6, 6.07) is 7.78. The normalized spacial score (nSPS) is 39.7. The number of nitrogens with zero attached hydrogens (tertiary/aromatic N) is 1. The smallest absolute Gasteiger partial charge is 0.160 e. The number of carbonyl (C=O) groups excluding carboxylic acids is 2. The van der Waals surface area contributed by atoms with Crippen LogP contribution in [0.4, 0.5) is 0 Å². The minimum absolute atomic E-state index is 0.0387. The van der Waals surface area contributed by atoms with Crippen molar-refractivity contribution in [2.24, 2.45) is 50.2 Å². The number of carbonyl (C=O) groups is 2. The number of aromatic amines is 1. The number of aryl methyl sites for hydroxylation is 1. The Morgan fingerprint density at radius 2 is 1.53 bits per heavy atom. The van der Waals surface area contributed by atoms with E-state index < -0.39 is 39.5 Å². The fourth-order valence-corrected chi connectivity index (χ4v) is 21.5. The summed E-state index contributed by atoms with van der Waals surface area (Å²) in [5.41, 5.74) is 8.60. The second-order valence-electron chi connectivity index (χ2n) is 30.1. The second kappa shape index (κ2) is 18.7. The zero-order valence-electron chi connectivity index (χ0n) is 48.8. The van der Waals surface area contributed by atoms with Gasteiger partial charge in [-0.1, -0.05) is 104 Å². The number of ether oxygens (including phenoxy) is 2. The Morgan fingerprint density at radius 3 is 2.25 bits per heavy atom. The second-order valence-corrected chi connectivity index (χ2v) is 30.1. The Bertz CT molecular complexity index is 2830. The van der Waals surface area contributed by atoms with Crippen LogP contribution in [0.1, 0.15) is 236 Å². The highest BCUT2D eigenvalue weighted by Gasteiger charge is 2.77. The quantitative estimate of drug-likeness (QED) is 0.149. The number of aliphatic hydroxyl groups is 2. The van der Waals surface area contributed by atoms with Crippen molar-refractivity contribution >= 4 is 22.6 Å². The Kier molecular flexibility index (Phi) is 12.9. The maximum atomic E-state index is 15.8. The van der Waals surface area contributed by atoms with Crippen LogP contribution in [-0.2, 0) is 38.4 Å². The van der Waals surface area contributed by atoms with Crippen LogP contribution in [0, 0.1) is 50.2 Å². The van der Waals surface area contributed by atoms with Gasteiger partial charge in [0.25, 0.3) is 0 Å². The molecule has 1 aromatic carbocycles. The summed E-state index contributed by atoms with van der Waals surface area (Å²) in [4.78, 5) is 34.6. The van der Waals surface area contributed by atoms with Gasteiger partial charge >= 0.3 is 0 Å². The summed E-state index contributed by atoms with van der Waals surface area (Å²) in [5, 5.41) is 30.0. The van der Waals surface area contributed by atoms with E-state index in [4.69, 9.17) is 9.47 Å². The topological polar surface area (TPSA) is 129 Å². The van der Waals surface area contributed by atoms with E-state index >= 15 is 4.79 Å². The van der Waals surface area contributed by atoms with Gasteiger partial charge in [0.1, 0.15) is 11.9 Å². The number of H-pyrrole nitrogens is 1. The number of nitrogens with one attached hydrogen (secondary N) is 2. The fourth-order valence-electron chi connectivity index (χ4n) is 21.5. The van der Waals surface area contributed by atoms with Crippen LogP contribution >= 0.6 is 0 Å². The van der Waals surface area contributed by atoms with Gasteiger partial charge in [-0.3, -0.25) is 9.59 Å². The number of ketones is 2. The van der Waals surface area contributed by atoms with Crippen LogP contribution in [0.3, 0.4) is 0 Å². The number of Topliss-reactive ketones (excluding diaryl/α,β-unsaturated/α-hetero) is 2. The van der Waals surface area contributed by atoms with Crippen molar-refractivity contribution in [3.8, 4) is 0 Å². The van der Waals surface area contributed by atoms with Gasteiger partial charge in [0.05, 0.1) is 34.4 Å². The summed E-state index contributed by atoms with van der Waals surface area (Å²) in [6.45, 7) is 18.4.